The summed E-state index contributed by atoms with van der Waals surface area (Å²) in [5, 5.41) is 1.98. The number of hydrogen-bond donors (Lipinski definition) is 1. The zero-order chi connectivity index (χ0) is 20.3. The standard InChI is InChI=1S/C19H17F5N2OS/c20-12-5-6-15(21)13(11-12)17-7-8-26(9-10-28-17)18(27)25-16-4-2-1-3-14(16)19(22,23)24/h1-6,11,17H,7-10H2,(H,25,27). The number of nitrogens with zero attached hydrogens (tertiary/aromatic N) is 1. The van der Waals surface area contributed by atoms with Crippen LogP contribution < -0.4 is 5.32 Å². The average Bonchev–Trinajstić information content (AvgIpc) is 2.89. The quantitative estimate of drug-likeness (QED) is 0.638. The second kappa shape index (κ2) is 8.38. The van der Waals surface area contributed by atoms with Gasteiger partial charge in [-0.15, -0.1) is 0 Å². The number of rotatable bonds is 2. The van der Waals surface area contributed by atoms with Gasteiger partial charge in [-0.05, 0) is 36.8 Å². The molecule has 0 bridgehead atoms. The molecule has 2 aromatic carbocycles. The smallest absolute Gasteiger partial charge is 0.324 e. The fourth-order valence-electron chi connectivity index (χ4n) is 3.02. The Labute approximate surface area is 162 Å². The monoisotopic (exact) mass is 416 g/mol. The number of para-hydroxylation sites is 1. The molecule has 1 N–H and O–H groups in total. The number of urea groups is 1. The Balaban J connectivity index is 1.69. The van der Waals surface area contributed by atoms with Crippen molar-refractivity contribution in [3.63, 3.8) is 0 Å². The molecule has 1 aliphatic heterocycles. The lowest BCUT2D eigenvalue weighted by atomic mass is 10.1. The summed E-state index contributed by atoms with van der Waals surface area (Å²) < 4.78 is 66.7. The molecular formula is C19H17F5N2OS. The largest absolute Gasteiger partial charge is 0.418 e. The molecule has 0 saturated carbocycles. The van der Waals surface area contributed by atoms with Gasteiger partial charge in [-0.1, -0.05) is 12.1 Å². The number of halogens is 5. The van der Waals surface area contributed by atoms with Crippen molar-refractivity contribution in [3.8, 4) is 0 Å². The van der Waals surface area contributed by atoms with Gasteiger partial charge in [0.05, 0.1) is 11.3 Å². The van der Waals surface area contributed by atoms with Crippen molar-refractivity contribution in [1.82, 2.24) is 4.90 Å². The second-order valence-corrected chi connectivity index (χ2v) is 7.59. The Morgan fingerprint density at radius 3 is 2.61 bits per heavy atom. The molecule has 1 fully saturated rings. The van der Waals surface area contributed by atoms with Gasteiger partial charge in [0, 0.05) is 29.7 Å². The predicted octanol–water partition coefficient (Wildman–Crippen LogP) is 5.70. The molecule has 9 heteroatoms. The molecule has 2 amide bonds. The van der Waals surface area contributed by atoms with Crippen molar-refractivity contribution in [3.05, 3.63) is 65.2 Å². The number of carbonyl (C=O) groups is 1. The minimum atomic E-state index is -4.58. The molecule has 1 aliphatic rings. The van der Waals surface area contributed by atoms with Crippen LogP contribution in [0.15, 0.2) is 42.5 Å². The lowest BCUT2D eigenvalue weighted by Crippen LogP contribution is -2.37. The fraction of sp³-hybridized carbons (Fsp3) is 0.316. The molecule has 0 aliphatic carbocycles. The number of thioether (sulfide) groups is 1. The van der Waals surface area contributed by atoms with Crippen LogP contribution in [0.2, 0.25) is 0 Å². The first-order valence-electron chi connectivity index (χ1n) is 8.54. The maximum Gasteiger partial charge on any atom is 0.418 e. The Kier molecular flexibility index (Phi) is 6.12. The van der Waals surface area contributed by atoms with E-state index in [2.05, 4.69) is 5.32 Å². The number of anilines is 1. The molecule has 1 heterocycles. The number of amides is 2. The number of carbonyl (C=O) groups excluding carboxylic acids is 1. The molecule has 28 heavy (non-hydrogen) atoms. The van der Waals surface area contributed by atoms with Gasteiger partial charge in [0.1, 0.15) is 11.6 Å². The first-order chi connectivity index (χ1) is 13.3. The first-order valence-corrected chi connectivity index (χ1v) is 9.59. The highest BCUT2D eigenvalue weighted by Crippen LogP contribution is 2.37. The van der Waals surface area contributed by atoms with Crippen LogP contribution in [0, 0.1) is 11.6 Å². The van der Waals surface area contributed by atoms with Gasteiger partial charge in [0.15, 0.2) is 0 Å². The Morgan fingerprint density at radius 2 is 1.86 bits per heavy atom. The van der Waals surface area contributed by atoms with Gasteiger partial charge < -0.3 is 10.2 Å². The SMILES string of the molecule is O=C(Nc1ccccc1C(F)(F)F)N1CCSC(c2cc(F)ccc2F)CC1. The van der Waals surface area contributed by atoms with E-state index in [1.54, 1.807) is 0 Å². The molecular weight excluding hydrogens is 399 g/mol. The third kappa shape index (κ3) is 4.76. The van der Waals surface area contributed by atoms with Crippen LogP contribution in [0.3, 0.4) is 0 Å². The summed E-state index contributed by atoms with van der Waals surface area (Å²) in [4.78, 5) is 13.9. The number of alkyl halides is 3. The van der Waals surface area contributed by atoms with Gasteiger partial charge in [0.25, 0.3) is 0 Å². The van der Waals surface area contributed by atoms with Crippen molar-refractivity contribution in [2.24, 2.45) is 0 Å². The molecule has 150 valence electrons. The minimum Gasteiger partial charge on any atom is -0.324 e. The highest BCUT2D eigenvalue weighted by molar-refractivity contribution is 7.99. The predicted molar refractivity (Wildman–Crippen MR) is 98.2 cm³/mol. The summed E-state index contributed by atoms with van der Waals surface area (Å²) in [5.74, 6) is -0.606. The van der Waals surface area contributed by atoms with E-state index in [4.69, 9.17) is 0 Å². The van der Waals surface area contributed by atoms with Gasteiger partial charge in [0.2, 0.25) is 0 Å². The average molecular weight is 416 g/mol. The molecule has 0 spiro atoms. The van der Waals surface area contributed by atoms with Crippen LogP contribution >= 0.6 is 11.8 Å². The maximum atomic E-state index is 14.0. The molecule has 0 aromatic heterocycles. The van der Waals surface area contributed by atoms with Crippen LogP contribution in [-0.2, 0) is 6.18 Å². The van der Waals surface area contributed by atoms with Gasteiger partial charge in [-0.3, -0.25) is 0 Å². The Bertz CT molecular complexity index is 858. The van der Waals surface area contributed by atoms with Crippen LogP contribution in [0.1, 0.15) is 22.8 Å². The first kappa shape index (κ1) is 20.4. The number of hydrogen-bond acceptors (Lipinski definition) is 2. The molecule has 2 aromatic rings. The van der Waals surface area contributed by atoms with Crippen molar-refractivity contribution in [1.29, 1.82) is 0 Å². The van der Waals surface area contributed by atoms with E-state index < -0.39 is 29.4 Å². The summed E-state index contributed by atoms with van der Waals surface area (Å²) in [5.41, 5.74) is -1.01. The zero-order valence-corrected chi connectivity index (χ0v) is 15.4. The van der Waals surface area contributed by atoms with Gasteiger partial charge in [-0.25, -0.2) is 13.6 Å². The third-order valence-electron chi connectivity index (χ3n) is 4.41. The summed E-state index contributed by atoms with van der Waals surface area (Å²) >= 11 is 1.39. The van der Waals surface area contributed by atoms with E-state index in [0.29, 0.717) is 12.2 Å². The van der Waals surface area contributed by atoms with Gasteiger partial charge >= 0.3 is 12.2 Å². The molecule has 1 saturated heterocycles. The van der Waals surface area contributed by atoms with Crippen molar-refractivity contribution < 1.29 is 26.7 Å². The Hall–Kier alpha value is -2.29. The zero-order valence-electron chi connectivity index (χ0n) is 14.6. The third-order valence-corrected chi connectivity index (χ3v) is 5.72. The van der Waals surface area contributed by atoms with Crippen molar-refractivity contribution in [2.75, 3.05) is 24.2 Å². The van der Waals surface area contributed by atoms with E-state index >= 15 is 0 Å². The van der Waals surface area contributed by atoms with Crippen molar-refractivity contribution >= 4 is 23.5 Å². The normalized spacial score (nSPS) is 17.9. The van der Waals surface area contributed by atoms with Crippen LogP contribution in [0.25, 0.3) is 0 Å². The second-order valence-electron chi connectivity index (χ2n) is 6.27. The molecule has 0 radical (unpaired) electrons. The lowest BCUT2D eigenvalue weighted by molar-refractivity contribution is -0.136. The number of benzene rings is 2. The summed E-state index contributed by atoms with van der Waals surface area (Å²) in [7, 11) is 0. The van der Waals surface area contributed by atoms with Crippen LogP contribution in [-0.4, -0.2) is 29.8 Å². The highest BCUT2D eigenvalue weighted by atomic mass is 32.2. The maximum absolute atomic E-state index is 14.0. The van der Waals surface area contributed by atoms with E-state index in [9.17, 15) is 26.7 Å². The van der Waals surface area contributed by atoms with Crippen LogP contribution in [0.5, 0.6) is 0 Å². The summed E-state index contributed by atoms with van der Waals surface area (Å²) in [6.07, 6.45) is -4.22. The fourth-order valence-corrected chi connectivity index (χ4v) is 4.26. The molecule has 3 rings (SSSR count). The summed E-state index contributed by atoms with van der Waals surface area (Å²) in [6.45, 7) is 0.506. The minimum absolute atomic E-state index is 0.216. The Morgan fingerprint density at radius 1 is 1.11 bits per heavy atom. The molecule has 3 nitrogen and oxygen atoms in total. The van der Waals surface area contributed by atoms with E-state index in [-0.39, 0.29) is 29.6 Å². The van der Waals surface area contributed by atoms with E-state index in [1.807, 2.05) is 0 Å². The summed E-state index contributed by atoms with van der Waals surface area (Å²) in [6, 6.07) is 7.34. The van der Waals surface area contributed by atoms with Crippen LogP contribution in [0.4, 0.5) is 32.4 Å². The number of nitrogens with one attached hydrogen (secondary N) is 1. The van der Waals surface area contributed by atoms with Gasteiger partial charge in [-0.2, -0.15) is 24.9 Å². The van der Waals surface area contributed by atoms with E-state index in [1.165, 1.54) is 34.9 Å². The lowest BCUT2D eigenvalue weighted by Gasteiger charge is -2.22. The topological polar surface area (TPSA) is 32.3 Å². The molecule has 1 atom stereocenters. The highest BCUT2D eigenvalue weighted by Gasteiger charge is 2.34. The van der Waals surface area contributed by atoms with Crippen molar-refractivity contribution in [2.45, 2.75) is 17.8 Å². The molecule has 1 unspecified atom stereocenters. The van der Waals surface area contributed by atoms with E-state index in [0.717, 1.165) is 24.3 Å².